The number of aromatic nitrogens is 1. The van der Waals surface area contributed by atoms with Gasteiger partial charge in [-0.3, -0.25) is 4.79 Å². The number of carbonyl (C=O) groups excluding carboxylic acids is 1. The molecule has 0 radical (unpaired) electrons. The molecule has 0 aliphatic carbocycles. The van der Waals surface area contributed by atoms with Crippen molar-refractivity contribution in [3.63, 3.8) is 0 Å². The van der Waals surface area contributed by atoms with Crippen LogP contribution < -0.4 is 5.32 Å². The first kappa shape index (κ1) is 16.7. The summed E-state index contributed by atoms with van der Waals surface area (Å²) >= 11 is 11.6. The van der Waals surface area contributed by atoms with E-state index in [0.29, 0.717) is 12.0 Å². The number of pyridine rings is 1. The van der Waals surface area contributed by atoms with Gasteiger partial charge in [0, 0.05) is 12.0 Å². The van der Waals surface area contributed by atoms with Gasteiger partial charge in [0.1, 0.15) is 10.3 Å². The Hall–Kier alpha value is -1.62. The van der Waals surface area contributed by atoms with Gasteiger partial charge < -0.3 is 10.4 Å². The van der Waals surface area contributed by atoms with Crippen LogP contribution in [0.4, 0.5) is 0 Å². The van der Waals surface area contributed by atoms with E-state index in [1.807, 2.05) is 30.3 Å². The number of rotatable bonds is 5. The molecule has 2 atom stereocenters. The fourth-order valence-corrected chi connectivity index (χ4v) is 2.48. The number of aliphatic hydroxyl groups excluding tert-OH is 1. The maximum Gasteiger partial charge on any atom is 0.251 e. The lowest BCUT2D eigenvalue weighted by Gasteiger charge is -2.20. The minimum absolute atomic E-state index is 0.148. The summed E-state index contributed by atoms with van der Waals surface area (Å²) in [7, 11) is 0. The van der Waals surface area contributed by atoms with Gasteiger partial charge in [0.25, 0.3) is 5.91 Å². The molecule has 2 N–H and O–H groups in total. The molecule has 22 heavy (non-hydrogen) atoms. The first-order valence-electron chi connectivity index (χ1n) is 6.81. The normalized spacial score (nSPS) is 13.5. The maximum atomic E-state index is 12.1. The number of hydrogen-bond donors (Lipinski definition) is 2. The smallest absolute Gasteiger partial charge is 0.251 e. The van der Waals surface area contributed by atoms with Gasteiger partial charge in [0.2, 0.25) is 0 Å². The highest BCUT2D eigenvalue weighted by Gasteiger charge is 2.18. The van der Waals surface area contributed by atoms with Crippen molar-refractivity contribution >= 4 is 29.1 Å². The molecule has 0 aliphatic heterocycles. The highest BCUT2D eigenvalue weighted by atomic mass is 35.5. The lowest BCUT2D eigenvalue weighted by Crippen LogP contribution is -2.42. The quantitative estimate of drug-likeness (QED) is 0.823. The Balaban J connectivity index is 1.98. The number of nitrogens with one attached hydrogen (secondary N) is 1. The van der Waals surface area contributed by atoms with Gasteiger partial charge >= 0.3 is 0 Å². The van der Waals surface area contributed by atoms with E-state index in [2.05, 4.69) is 10.3 Å². The average molecular weight is 339 g/mol. The lowest BCUT2D eigenvalue weighted by atomic mass is 10.0. The average Bonchev–Trinajstić information content (AvgIpc) is 2.47. The van der Waals surface area contributed by atoms with E-state index in [1.54, 1.807) is 6.92 Å². The molecule has 0 spiro atoms. The molecule has 2 unspecified atom stereocenters. The third-order valence-corrected chi connectivity index (χ3v) is 3.64. The second kappa shape index (κ2) is 7.58. The Bertz CT molecular complexity index is 630. The van der Waals surface area contributed by atoms with Crippen LogP contribution in [0.15, 0.2) is 42.5 Å². The summed E-state index contributed by atoms with van der Waals surface area (Å²) in [5, 5.41) is 13.2. The van der Waals surface area contributed by atoms with E-state index in [0.717, 1.165) is 5.56 Å². The van der Waals surface area contributed by atoms with Crippen LogP contribution in [0.25, 0.3) is 0 Å². The van der Waals surface area contributed by atoms with Crippen molar-refractivity contribution in [1.82, 2.24) is 10.3 Å². The summed E-state index contributed by atoms with van der Waals surface area (Å²) in [6.07, 6.45) is -0.237. The van der Waals surface area contributed by atoms with E-state index >= 15 is 0 Å². The largest absolute Gasteiger partial charge is 0.391 e. The van der Waals surface area contributed by atoms with Crippen molar-refractivity contribution in [2.45, 2.75) is 25.5 Å². The molecule has 1 aromatic carbocycles. The molecule has 1 amide bonds. The van der Waals surface area contributed by atoms with Gasteiger partial charge in [0.15, 0.2) is 0 Å². The van der Waals surface area contributed by atoms with Crippen molar-refractivity contribution in [3.05, 3.63) is 63.9 Å². The zero-order valence-electron chi connectivity index (χ0n) is 12.0. The number of amides is 1. The predicted octanol–water partition coefficient (Wildman–Crippen LogP) is 3.11. The Labute approximate surface area is 139 Å². The third-order valence-electron chi connectivity index (χ3n) is 3.25. The summed E-state index contributed by atoms with van der Waals surface area (Å²) in [6, 6.07) is 12.0. The second-order valence-corrected chi connectivity index (χ2v) is 5.79. The molecule has 0 fully saturated rings. The van der Waals surface area contributed by atoms with E-state index in [9.17, 15) is 9.90 Å². The molecule has 0 saturated carbocycles. The SMILES string of the molecule is CC(NC(=O)c1cc(Cl)nc(Cl)c1)C(O)Cc1ccccc1. The molecule has 2 rings (SSSR count). The van der Waals surface area contributed by atoms with E-state index in [1.165, 1.54) is 12.1 Å². The molecule has 6 heteroatoms. The first-order chi connectivity index (χ1) is 10.5. The van der Waals surface area contributed by atoms with Gasteiger partial charge in [-0.2, -0.15) is 0 Å². The fourth-order valence-electron chi connectivity index (χ4n) is 2.01. The van der Waals surface area contributed by atoms with Crippen LogP contribution in [-0.2, 0) is 6.42 Å². The zero-order valence-corrected chi connectivity index (χ0v) is 13.5. The topological polar surface area (TPSA) is 62.2 Å². The standard InChI is InChI=1S/C16H16Cl2N2O2/c1-10(13(21)7-11-5-3-2-4-6-11)19-16(22)12-8-14(17)20-15(18)9-12/h2-6,8-10,13,21H,7H2,1H3,(H,19,22). The van der Waals surface area contributed by atoms with E-state index < -0.39 is 12.1 Å². The first-order valence-corrected chi connectivity index (χ1v) is 7.57. The summed E-state index contributed by atoms with van der Waals surface area (Å²) in [6.45, 7) is 1.75. The van der Waals surface area contributed by atoms with Crippen molar-refractivity contribution in [2.75, 3.05) is 0 Å². The monoisotopic (exact) mass is 338 g/mol. The van der Waals surface area contributed by atoms with Crippen LogP contribution in [0.3, 0.4) is 0 Å². The molecule has 2 aromatic rings. The molecule has 1 aromatic heterocycles. The Morgan fingerprint density at radius 3 is 2.41 bits per heavy atom. The molecule has 0 aliphatic rings. The van der Waals surface area contributed by atoms with Gasteiger partial charge in [-0.1, -0.05) is 53.5 Å². The summed E-state index contributed by atoms with van der Waals surface area (Å²) in [5.41, 5.74) is 1.31. The number of benzene rings is 1. The minimum atomic E-state index is -0.695. The van der Waals surface area contributed by atoms with Crippen LogP contribution in [0.5, 0.6) is 0 Å². The van der Waals surface area contributed by atoms with Gasteiger partial charge in [-0.15, -0.1) is 0 Å². The Morgan fingerprint density at radius 2 is 1.82 bits per heavy atom. The van der Waals surface area contributed by atoms with E-state index in [-0.39, 0.29) is 16.2 Å². The van der Waals surface area contributed by atoms with Gasteiger partial charge in [-0.05, 0) is 24.6 Å². The van der Waals surface area contributed by atoms with E-state index in [4.69, 9.17) is 23.2 Å². The number of nitrogens with zero attached hydrogens (tertiary/aromatic N) is 1. The fraction of sp³-hybridized carbons (Fsp3) is 0.250. The molecule has 4 nitrogen and oxygen atoms in total. The Kier molecular flexibility index (Phi) is 5.77. The summed E-state index contributed by atoms with van der Waals surface area (Å²) < 4.78 is 0. The highest BCUT2D eigenvalue weighted by Crippen LogP contribution is 2.15. The lowest BCUT2D eigenvalue weighted by molar-refractivity contribution is 0.0851. The maximum absolute atomic E-state index is 12.1. The van der Waals surface area contributed by atoms with Crippen LogP contribution in [0, 0.1) is 0 Å². The van der Waals surface area contributed by atoms with Crippen LogP contribution in [-0.4, -0.2) is 28.1 Å². The molecular formula is C16H16Cl2N2O2. The number of hydrogen-bond acceptors (Lipinski definition) is 3. The third kappa shape index (κ3) is 4.70. The van der Waals surface area contributed by atoms with Crippen molar-refractivity contribution in [1.29, 1.82) is 0 Å². The zero-order chi connectivity index (χ0) is 16.1. The highest BCUT2D eigenvalue weighted by molar-refractivity contribution is 6.33. The van der Waals surface area contributed by atoms with Crippen LogP contribution in [0.2, 0.25) is 10.3 Å². The predicted molar refractivity (Wildman–Crippen MR) is 87.3 cm³/mol. The van der Waals surface area contributed by atoms with Gasteiger partial charge in [0.05, 0.1) is 12.1 Å². The van der Waals surface area contributed by atoms with Crippen LogP contribution >= 0.6 is 23.2 Å². The number of halogens is 2. The number of carbonyl (C=O) groups is 1. The van der Waals surface area contributed by atoms with Crippen molar-refractivity contribution < 1.29 is 9.90 Å². The molecular weight excluding hydrogens is 323 g/mol. The van der Waals surface area contributed by atoms with Crippen molar-refractivity contribution in [3.8, 4) is 0 Å². The van der Waals surface area contributed by atoms with Crippen LogP contribution in [0.1, 0.15) is 22.8 Å². The minimum Gasteiger partial charge on any atom is -0.391 e. The molecule has 116 valence electrons. The summed E-state index contributed by atoms with van der Waals surface area (Å²) in [5.74, 6) is -0.356. The van der Waals surface area contributed by atoms with Gasteiger partial charge in [-0.25, -0.2) is 4.98 Å². The summed E-state index contributed by atoms with van der Waals surface area (Å²) in [4.78, 5) is 15.9. The molecule has 0 bridgehead atoms. The molecule has 0 saturated heterocycles. The number of aliphatic hydroxyl groups is 1. The second-order valence-electron chi connectivity index (χ2n) is 5.02. The van der Waals surface area contributed by atoms with Crippen molar-refractivity contribution in [2.24, 2.45) is 0 Å². The molecule has 1 heterocycles. The Morgan fingerprint density at radius 1 is 1.23 bits per heavy atom.